The number of aliphatic hydroxyl groups is 1. The van der Waals surface area contributed by atoms with Gasteiger partial charge in [-0.1, -0.05) is 11.6 Å². The topological polar surface area (TPSA) is 60.9 Å². The van der Waals surface area contributed by atoms with Gasteiger partial charge in [0.1, 0.15) is 4.21 Å². The van der Waals surface area contributed by atoms with Crippen LogP contribution in [0.4, 0.5) is 0 Å². The molecule has 1 fully saturated rings. The summed E-state index contributed by atoms with van der Waals surface area (Å²) in [6.07, 6.45) is 1.54. The monoisotopic (exact) mass is 338 g/mol. The summed E-state index contributed by atoms with van der Waals surface area (Å²) in [7, 11) is -3.42. The van der Waals surface area contributed by atoms with Gasteiger partial charge in [0.15, 0.2) is 0 Å². The molecular formula is C12H19ClN2O3S2. The fourth-order valence-electron chi connectivity index (χ4n) is 2.27. The molecule has 0 aliphatic carbocycles. The van der Waals surface area contributed by atoms with Crippen LogP contribution < -0.4 is 0 Å². The van der Waals surface area contributed by atoms with E-state index in [4.69, 9.17) is 16.7 Å². The summed E-state index contributed by atoms with van der Waals surface area (Å²) in [6.45, 7) is 3.59. The highest BCUT2D eigenvalue weighted by Crippen LogP contribution is 2.28. The van der Waals surface area contributed by atoms with Crippen molar-refractivity contribution in [2.24, 2.45) is 0 Å². The second-order valence-electron chi connectivity index (χ2n) is 4.73. The van der Waals surface area contributed by atoms with E-state index in [0.29, 0.717) is 28.2 Å². The van der Waals surface area contributed by atoms with E-state index in [2.05, 4.69) is 4.90 Å². The molecule has 0 spiro atoms. The predicted molar refractivity (Wildman–Crippen MR) is 80.8 cm³/mol. The summed E-state index contributed by atoms with van der Waals surface area (Å²) >= 11 is 6.92. The van der Waals surface area contributed by atoms with Crippen molar-refractivity contribution in [1.82, 2.24) is 9.21 Å². The number of nitrogens with zero attached hydrogens (tertiary/aromatic N) is 2. The number of sulfonamides is 1. The van der Waals surface area contributed by atoms with E-state index >= 15 is 0 Å². The number of halogens is 1. The molecular weight excluding hydrogens is 320 g/mol. The molecule has 0 amide bonds. The smallest absolute Gasteiger partial charge is 0.252 e. The largest absolute Gasteiger partial charge is 0.396 e. The molecule has 0 atom stereocenters. The molecule has 1 saturated heterocycles. The van der Waals surface area contributed by atoms with Gasteiger partial charge >= 0.3 is 0 Å². The molecule has 1 aliphatic heterocycles. The first-order valence-electron chi connectivity index (χ1n) is 6.63. The summed E-state index contributed by atoms with van der Waals surface area (Å²) in [5.74, 6) is 0. The fraction of sp³-hybridized carbons (Fsp3) is 0.667. The molecule has 2 heterocycles. The second-order valence-corrected chi connectivity index (χ2v) is 8.61. The van der Waals surface area contributed by atoms with Crippen molar-refractivity contribution in [3.05, 3.63) is 16.5 Å². The van der Waals surface area contributed by atoms with Gasteiger partial charge in [-0.2, -0.15) is 4.31 Å². The Bertz CT molecular complexity index is 533. The number of thiophene rings is 1. The van der Waals surface area contributed by atoms with Crippen molar-refractivity contribution in [1.29, 1.82) is 0 Å². The average Bonchev–Trinajstić information content (AvgIpc) is 2.72. The van der Waals surface area contributed by atoms with Crippen LogP contribution in [0.25, 0.3) is 0 Å². The van der Waals surface area contributed by atoms with Crippen LogP contribution in [0, 0.1) is 0 Å². The van der Waals surface area contributed by atoms with E-state index in [0.717, 1.165) is 37.3 Å². The Kier molecular flexibility index (Phi) is 5.83. The summed E-state index contributed by atoms with van der Waals surface area (Å²) in [5, 5.41) is 8.86. The Morgan fingerprint density at radius 1 is 1.25 bits per heavy atom. The molecule has 5 nitrogen and oxygen atoms in total. The lowest BCUT2D eigenvalue weighted by molar-refractivity contribution is 0.230. The SMILES string of the molecule is O=S(=O)(c1ccc(Cl)s1)N1CCCN(CCCO)CC1. The van der Waals surface area contributed by atoms with E-state index in [1.165, 1.54) is 4.31 Å². The molecule has 114 valence electrons. The lowest BCUT2D eigenvalue weighted by Crippen LogP contribution is -2.35. The number of hydrogen-bond acceptors (Lipinski definition) is 5. The minimum absolute atomic E-state index is 0.173. The van der Waals surface area contributed by atoms with Gasteiger partial charge in [-0.15, -0.1) is 11.3 Å². The van der Waals surface area contributed by atoms with Gasteiger partial charge in [-0.05, 0) is 31.5 Å². The van der Waals surface area contributed by atoms with Gasteiger partial charge in [-0.3, -0.25) is 0 Å². The first-order chi connectivity index (χ1) is 9.54. The van der Waals surface area contributed by atoms with Crippen LogP contribution in [0.5, 0.6) is 0 Å². The molecule has 20 heavy (non-hydrogen) atoms. The Balaban J connectivity index is 2.02. The van der Waals surface area contributed by atoms with E-state index < -0.39 is 10.0 Å². The zero-order valence-corrected chi connectivity index (χ0v) is 13.6. The normalized spacial score (nSPS) is 19.1. The van der Waals surface area contributed by atoms with Crippen LogP contribution in [-0.4, -0.2) is 62.1 Å². The molecule has 1 aliphatic rings. The molecule has 1 N–H and O–H groups in total. The maximum absolute atomic E-state index is 12.5. The molecule has 0 bridgehead atoms. The molecule has 0 aromatic carbocycles. The standard InChI is InChI=1S/C12H19ClN2O3S2/c13-11-3-4-12(19-11)20(17,18)15-7-1-5-14(8-9-15)6-2-10-16/h3-4,16H,1-2,5-10H2. The summed E-state index contributed by atoms with van der Waals surface area (Å²) in [4.78, 5) is 2.20. The molecule has 1 aromatic rings. The molecule has 1 aromatic heterocycles. The Morgan fingerprint density at radius 3 is 2.70 bits per heavy atom. The number of aliphatic hydroxyl groups excluding tert-OH is 1. The van der Waals surface area contributed by atoms with Crippen LogP contribution in [0.2, 0.25) is 4.34 Å². The second kappa shape index (κ2) is 7.20. The lowest BCUT2D eigenvalue weighted by Gasteiger charge is -2.20. The predicted octanol–water partition coefficient (Wildman–Crippen LogP) is 1.48. The van der Waals surface area contributed by atoms with Gasteiger partial charge in [0, 0.05) is 32.8 Å². The van der Waals surface area contributed by atoms with Gasteiger partial charge in [-0.25, -0.2) is 8.42 Å². The van der Waals surface area contributed by atoms with Gasteiger partial charge in [0.2, 0.25) is 0 Å². The summed E-state index contributed by atoms with van der Waals surface area (Å²) in [5.41, 5.74) is 0. The van der Waals surface area contributed by atoms with Crippen molar-refractivity contribution >= 4 is 33.0 Å². The van der Waals surface area contributed by atoms with Crippen molar-refractivity contribution in [2.45, 2.75) is 17.1 Å². The third kappa shape index (κ3) is 3.93. The summed E-state index contributed by atoms with van der Waals surface area (Å²) in [6, 6.07) is 3.18. The Morgan fingerprint density at radius 2 is 2.05 bits per heavy atom. The highest BCUT2D eigenvalue weighted by Gasteiger charge is 2.27. The van der Waals surface area contributed by atoms with Crippen LogP contribution in [0.1, 0.15) is 12.8 Å². The van der Waals surface area contributed by atoms with Crippen molar-refractivity contribution < 1.29 is 13.5 Å². The number of hydrogen-bond donors (Lipinski definition) is 1. The van der Waals surface area contributed by atoms with E-state index in [9.17, 15) is 8.42 Å². The van der Waals surface area contributed by atoms with E-state index in [-0.39, 0.29) is 6.61 Å². The van der Waals surface area contributed by atoms with E-state index in [1.807, 2.05) is 0 Å². The fourth-order valence-corrected chi connectivity index (χ4v) is 5.38. The Labute approximate surface area is 128 Å². The molecule has 2 rings (SSSR count). The third-order valence-electron chi connectivity index (χ3n) is 3.32. The van der Waals surface area contributed by atoms with Gasteiger partial charge in [0.05, 0.1) is 4.34 Å². The first kappa shape index (κ1) is 16.2. The molecule has 0 radical (unpaired) electrons. The third-order valence-corrected chi connectivity index (χ3v) is 6.92. The maximum atomic E-state index is 12.5. The van der Waals surface area contributed by atoms with Crippen LogP contribution in [0.15, 0.2) is 16.3 Å². The van der Waals surface area contributed by atoms with Crippen LogP contribution in [0.3, 0.4) is 0 Å². The number of rotatable bonds is 5. The zero-order valence-electron chi connectivity index (χ0n) is 11.2. The van der Waals surface area contributed by atoms with Gasteiger partial charge in [0.25, 0.3) is 10.0 Å². The highest BCUT2D eigenvalue weighted by molar-refractivity contribution is 7.91. The van der Waals surface area contributed by atoms with Gasteiger partial charge < -0.3 is 10.0 Å². The van der Waals surface area contributed by atoms with Crippen LogP contribution in [-0.2, 0) is 10.0 Å². The lowest BCUT2D eigenvalue weighted by atomic mass is 10.3. The summed E-state index contributed by atoms with van der Waals surface area (Å²) < 4.78 is 27.3. The quantitative estimate of drug-likeness (QED) is 0.883. The average molecular weight is 339 g/mol. The van der Waals surface area contributed by atoms with E-state index in [1.54, 1.807) is 12.1 Å². The Hall–Kier alpha value is -0.180. The minimum Gasteiger partial charge on any atom is -0.396 e. The first-order valence-corrected chi connectivity index (χ1v) is 9.26. The molecule has 0 saturated carbocycles. The minimum atomic E-state index is -3.42. The maximum Gasteiger partial charge on any atom is 0.252 e. The molecule has 8 heteroatoms. The van der Waals surface area contributed by atoms with Crippen molar-refractivity contribution in [3.8, 4) is 0 Å². The molecule has 0 unspecified atom stereocenters. The highest BCUT2D eigenvalue weighted by atomic mass is 35.5. The zero-order chi connectivity index (χ0) is 14.6. The van der Waals surface area contributed by atoms with Crippen molar-refractivity contribution in [3.63, 3.8) is 0 Å². The van der Waals surface area contributed by atoms with Crippen molar-refractivity contribution in [2.75, 3.05) is 39.3 Å². The van der Waals surface area contributed by atoms with Crippen LogP contribution >= 0.6 is 22.9 Å².